The predicted octanol–water partition coefficient (Wildman–Crippen LogP) is 4.73. The zero-order chi connectivity index (χ0) is 29.5. The van der Waals surface area contributed by atoms with E-state index in [4.69, 9.17) is 9.72 Å². The number of rotatable bonds is 7. The van der Waals surface area contributed by atoms with Gasteiger partial charge in [-0.2, -0.15) is 0 Å². The number of hydrogen-bond acceptors (Lipinski definition) is 8. The number of carboxylic acid groups (broad SMARTS) is 1. The monoisotopic (exact) mass is 558 g/mol. The largest absolute Gasteiger partial charge is 0.478 e. The highest BCUT2D eigenvalue weighted by molar-refractivity contribution is 5.93. The van der Waals surface area contributed by atoms with Crippen LogP contribution in [0.25, 0.3) is 0 Å². The number of aromatic carboxylic acids is 1. The first-order chi connectivity index (χ1) is 19.5. The summed E-state index contributed by atoms with van der Waals surface area (Å²) in [4.78, 5) is 43.4. The van der Waals surface area contributed by atoms with Crippen LogP contribution in [0.4, 0.5) is 11.6 Å². The van der Waals surface area contributed by atoms with Crippen molar-refractivity contribution in [2.24, 2.45) is 0 Å². The minimum Gasteiger partial charge on any atom is -0.478 e. The molecule has 1 aromatic carbocycles. The highest BCUT2D eigenvalue weighted by Crippen LogP contribution is 2.35. The molecule has 2 atom stereocenters. The number of carbonyl (C=O) groups excluding carboxylic acids is 1. The molecule has 2 aliphatic rings. The fraction of sp³-hybridized carbons (Fsp3) is 0.452. The van der Waals surface area contributed by atoms with E-state index in [1.54, 1.807) is 27.2 Å². The maximum Gasteiger partial charge on any atom is 0.337 e. The van der Waals surface area contributed by atoms with Gasteiger partial charge in [-0.3, -0.25) is 4.79 Å². The Balaban J connectivity index is 1.36. The Bertz CT molecular complexity index is 1470. The minimum atomic E-state index is -0.979. The quantitative estimate of drug-likeness (QED) is 0.424. The standard InChI is InChI=1S/C31H38N6O4/c1-18-15-25(33-19(2)26(18)30(39)40)36-13-14-37(31(4,5)17-36)29(38)24-16-32-28(27(34-24)20(3)41-6)35-23-12-11-21-9-7-8-10-22(21)23/h7-10,15-16,20,23H,11-14,17H2,1-6H3,(H,32,35)(H,39,40)/t20-,23+/m1/s1. The number of nitrogens with zero attached hydrogens (tertiary/aromatic N) is 5. The average Bonchev–Trinajstić information content (AvgIpc) is 3.34. The molecule has 1 amide bonds. The summed E-state index contributed by atoms with van der Waals surface area (Å²) in [5.74, 6) is 0.173. The third kappa shape index (κ3) is 5.48. The van der Waals surface area contributed by atoms with Crippen molar-refractivity contribution < 1.29 is 19.4 Å². The van der Waals surface area contributed by atoms with Gasteiger partial charge in [0.25, 0.3) is 5.91 Å². The van der Waals surface area contributed by atoms with E-state index in [0.29, 0.717) is 48.2 Å². The summed E-state index contributed by atoms with van der Waals surface area (Å²) >= 11 is 0. The Hall–Kier alpha value is -4.05. The van der Waals surface area contributed by atoms with Crippen molar-refractivity contribution in [3.8, 4) is 0 Å². The number of fused-ring (bicyclic) bond motifs is 1. The van der Waals surface area contributed by atoms with Gasteiger partial charge >= 0.3 is 5.97 Å². The van der Waals surface area contributed by atoms with Crippen LogP contribution in [-0.2, 0) is 11.2 Å². The smallest absolute Gasteiger partial charge is 0.337 e. The van der Waals surface area contributed by atoms with Gasteiger partial charge in [0.15, 0.2) is 5.82 Å². The lowest BCUT2D eigenvalue weighted by molar-refractivity contribution is 0.0504. The zero-order valence-corrected chi connectivity index (χ0v) is 24.6. The molecule has 0 radical (unpaired) electrons. The van der Waals surface area contributed by atoms with E-state index in [0.717, 1.165) is 12.8 Å². The van der Waals surface area contributed by atoms with Gasteiger partial charge in [0.05, 0.1) is 29.0 Å². The first-order valence-corrected chi connectivity index (χ1v) is 14.0. The van der Waals surface area contributed by atoms with Gasteiger partial charge in [-0.15, -0.1) is 0 Å². The topological polar surface area (TPSA) is 121 Å². The molecule has 0 bridgehead atoms. The molecule has 2 N–H and O–H groups in total. The van der Waals surface area contributed by atoms with Gasteiger partial charge in [-0.05, 0) is 70.2 Å². The lowest BCUT2D eigenvalue weighted by atomic mass is 9.97. The van der Waals surface area contributed by atoms with E-state index < -0.39 is 11.5 Å². The van der Waals surface area contributed by atoms with Crippen LogP contribution in [0.3, 0.4) is 0 Å². The average molecular weight is 559 g/mol. The van der Waals surface area contributed by atoms with E-state index in [2.05, 4.69) is 44.5 Å². The number of carbonyl (C=O) groups is 2. The number of aromatic nitrogens is 3. The number of amides is 1. The Kier molecular flexibility index (Phi) is 7.70. The molecule has 3 heterocycles. The Morgan fingerprint density at radius 3 is 2.61 bits per heavy atom. The molecular weight excluding hydrogens is 520 g/mol. The minimum absolute atomic E-state index is 0.127. The summed E-state index contributed by atoms with van der Waals surface area (Å²) in [7, 11) is 1.62. The molecule has 5 rings (SSSR count). The maximum absolute atomic E-state index is 13.8. The van der Waals surface area contributed by atoms with Gasteiger partial charge in [0.1, 0.15) is 23.3 Å². The number of nitrogens with one attached hydrogen (secondary N) is 1. The Labute approximate surface area is 240 Å². The molecule has 0 unspecified atom stereocenters. The molecule has 10 nitrogen and oxygen atoms in total. The number of benzene rings is 1. The van der Waals surface area contributed by atoms with Crippen molar-refractivity contribution in [1.82, 2.24) is 19.9 Å². The molecule has 3 aromatic rings. The summed E-state index contributed by atoms with van der Waals surface area (Å²) in [6.07, 6.45) is 3.17. The van der Waals surface area contributed by atoms with Crippen LogP contribution in [0.5, 0.6) is 0 Å². The molecule has 216 valence electrons. The fourth-order valence-electron chi connectivity index (χ4n) is 6.05. The van der Waals surface area contributed by atoms with E-state index in [-0.39, 0.29) is 29.3 Å². The fourth-order valence-corrected chi connectivity index (χ4v) is 6.05. The van der Waals surface area contributed by atoms with Gasteiger partial charge in [0.2, 0.25) is 0 Å². The predicted molar refractivity (Wildman–Crippen MR) is 157 cm³/mol. The number of anilines is 2. The number of carboxylic acids is 1. The summed E-state index contributed by atoms with van der Waals surface area (Å²) in [5.41, 5.74) is 4.33. The third-order valence-corrected chi connectivity index (χ3v) is 8.27. The molecular formula is C31H38N6O4. The molecule has 0 saturated carbocycles. The SMILES string of the molecule is CO[C@H](C)c1nc(C(=O)N2CCN(c3cc(C)c(C(=O)O)c(C)n3)CC2(C)C)cnc1N[C@H]1CCc2ccccc21. The molecule has 1 aliphatic heterocycles. The summed E-state index contributed by atoms with van der Waals surface area (Å²) < 4.78 is 5.62. The van der Waals surface area contributed by atoms with E-state index >= 15 is 0 Å². The van der Waals surface area contributed by atoms with Crippen LogP contribution in [0, 0.1) is 13.8 Å². The van der Waals surface area contributed by atoms with Crippen molar-refractivity contribution in [1.29, 1.82) is 0 Å². The molecule has 1 fully saturated rings. The second-order valence-corrected chi connectivity index (χ2v) is 11.6. The number of aryl methyl sites for hydroxylation is 3. The van der Waals surface area contributed by atoms with Crippen LogP contribution in [0.2, 0.25) is 0 Å². The van der Waals surface area contributed by atoms with Crippen LogP contribution in [0.15, 0.2) is 36.5 Å². The van der Waals surface area contributed by atoms with Gasteiger partial charge in [-0.1, -0.05) is 24.3 Å². The van der Waals surface area contributed by atoms with Crippen molar-refractivity contribution in [2.45, 2.75) is 65.1 Å². The molecule has 1 aliphatic carbocycles. The summed E-state index contributed by atoms with van der Waals surface area (Å²) in [5, 5.41) is 13.1. The molecule has 1 saturated heterocycles. The first-order valence-electron chi connectivity index (χ1n) is 14.0. The van der Waals surface area contributed by atoms with E-state index in [1.165, 1.54) is 11.1 Å². The summed E-state index contributed by atoms with van der Waals surface area (Å²) in [6.45, 7) is 11.0. The number of hydrogen-bond donors (Lipinski definition) is 2. The normalized spacial score (nSPS) is 18.6. The van der Waals surface area contributed by atoms with Crippen molar-refractivity contribution in [3.63, 3.8) is 0 Å². The second-order valence-electron chi connectivity index (χ2n) is 11.6. The zero-order valence-electron chi connectivity index (χ0n) is 24.6. The van der Waals surface area contributed by atoms with Gasteiger partial charge < -0.3 is 25.0 Å². The molecule has 2 aromatic heterocycles. The summed E-state index contributed by atoms with van der Waals surface area (Å²) in [6, 6.07) is 10.4. The lowest BCUT2D eigenvalue weighted by Crippen LogP contribution is -2.61. The Morgan fingerprint density at radius 2 is 1.93 bits per heavy atom. The van der Waals surface area contributed by atoms with Crippen LogP contribution < -0.4 is 10.2 Å². The van der Waals surface area contributed by atoms with E-state index in [9.17, 15) is 14.7 Å². The van der Waals surface area contributed by atoms with Gasteiger partial charge in [-0.25, -0.2) is 19.7 Å². The van der Waals surface area contributed by atoms with Crippen LogP contribution in [-0.4, -0.2) is 69.1 Å². The maximum atomic E-state index is 13.8. The van der Waals surface area contributed by atoms with Crippen molar-refractivity contribution >= 4 is 23.5 Å². The number of piperazine rings is 1. The van der Waals surface area contributed by atoms with Gasteiger partial charge in [0, 0.05) is 26.7 Å². The Morgan fingerprint density at radius 1 is 1.17 bits per heavy atom. The lowest BCUT2D eigenvalue weighted by Gasteiger charge is -2.47. The van der Waals surface area contributed by atoms with Crippen molar-refractivity contribution in [3.05, 3.63) is 75.9 Å². The number of pyridine rings is 1. The van der Waals surface area contributed by atoms with Crippen molar-refractivity contribution in [2.75, 3.05) is 37.0 Å². The molecule has 10 heteroatoms. The first kappa shape index (κ1) is 28.5. The second kappa shape index (κ2) is 11.1. The third-order valence-electron chi connectivity index (χ3n) is 8.27. The molecule has 41 heavy (non-hydrogen) atoms. The van der Waals surface area contributed by atoms with Crippen LogP contribution >= 0.6 is 0 Å². The number of methoxy groups -OCH3 is 1. The molecule has 0 spiro atoms. The van der Waals surface area contributed by atoms with E-state index in [1.807, 2.05) is 31.7 Å². The highest BCUT2D eigenvalue weighted by Gasteiger charge is 2.39. The highest BCUT2D eigenvalue weighted by atomic mass is 16.5. The van der Waals surface area contributed by atoms with Crippen LogP contribution in [0.1, 0.15) is 88.3 Å². The number of ether oxygens (including phenoxy) is 1.